The second kappa shape index (κ2) is 7.54. The van der Waals surface area contributed by atoms with Crippen LogP contribution in [0.5, 0.6) is 0 Å². The Kier molecular flexibility index (Phi) is 4.88. The van der Waals surface area contributed by atoms with Crippen LogP contribution >= 0.6 is 11.6 Å². The predicted octanol–water partition coefficient (Wildman–Crippen LogP) is 4.17. The molecule has 0 amide bonds. The molecule has 4 aromatic rings. The van der Waals surface area contributed by atoms with Crippen LogP contribution in [0.4, 0.5) is 23.4 Å². The third-order valence-electron chi connectivity index (χ3n) is 5.56. The number of aromatic nitrogens is 4. The molecule has 0 spiro atoms. The Bertz CT molecular complexity index is 1490. The number of alkyl halides is 2. The predicted molar refractivity (Wildman–Crippen MR) is 111 cm³/mol. The number of pyridine rings is 1. The maximum absolute atomic E-state index is 15.2. The summed E-state index contributed by atoms with van der Waals surface area (Å²) in [7, 11) is 0. The molecule has 7 nitrogen and oxygen atoms in total. The normalized spacial score (nSPS) is 14.3. The molecule has 12 heteroatoms. The monoisotopic (exact) mass is 476 g/mol. The van der Waals surface area contributed by atoms with Gasteiger partial charge in [-0.05, 0) is 13.0 Å². The minimum atomic E-state index is -3.05. The standard InChI is InChI=1S/C21H13ClF4N6O/c1-8-14(15-10-2-3-12(22)16(24)17(10)28-5-13(15)23)21(31-6-9(33)7-31)32-20(29-8)11(4-27)18(30-32)19(25)26/h2-3,5,9,19,33H,6-7H2,1H3. The van der Waals surface area contributed by atoms with Crippen LogP contribution in [0.15, 0.2) is 18.3 Å². The van der Waals surface area contributed by atoms with Crippen molar-refractivity contribution in [2.75, 3.05) is 18.0 Å². The third kappa shape index (κ3) is 3.09. The summed E-state index contributed by atoms with van der Waals surface area (Å²) in [6, 6.07) is 4.37. The fourth-order valence-corrected chi connectivity index (χ4v) is 4.22. The van der Waals surface area contributed by atoms with Gasteiger partial charge in [-0.1, -0.05) is 17.7 Å². The first-order chi connectivity index (χ1) is 15.7. The molecule has 0 bridgehead atoms. The van der Waals surface area contributed by atoms with E-state index in [1.165, 1.54) is 19.1 Å². The Labute approximate surface area is 188 Å². The van der Waals surface area contributed by atoms with Crippen molar-refractivity contribution in [3.05, 3.63) is 51.9 Å². The lowest BCUT2D eigenvalue weighted by atomic mass is 9.98. The van der Waals surface area contributed by atoms with Gasteiger partial charge in [-0.15, -0.1) is 0 Å². The van der Waals surface area contributed by atoms with Gasteiger partial charge in [0.05, 0.1) is 23.0 Å². The molecule has 1 saturated heterocycles. The van der Waals surface area contributed by atoms with Crippen LogP contribution in [0.2, 0.25) is 5.02 Å². The molecule has 5 rings (SSSR count). The SMILES string of the molecule is Cc1nc2c(C#N)c(C(F)F)nn2c(N2CC(O)C2)c1-c1c(F)cnc2c(F)c(Cl)ccc12. The van der Waals surface area contributed by atoms with E-state index in [1.54, 1.807) is 11.0 Å². The maximum Gasteiger partial charge on any atom is 0.283 e. The summed E-state index contributed by atoms with van der Waals surface area (Å²) in [5, 5.41) is 23.1. The molecule has 1 N–H and O–H groups in total. The lowest BCUT2D eigenvalue weighted by Crippen LogP contribution is -2.52. The Morgan fingerprint density at radius 3 is 2.61 bits per heavy atom. The van der Waals surface area contributed by atoms with Crippen molar-refractivity contribution >= 4 is 34.0 Å². The molecule has 0 saturated carbocycles. The Morgan fingerprint density at radius 2 is 1.97 bits per heavy atom. The van der Waals surface area contributed by atoms with Crippen LogP contribution in [0.3, 0.4) is 0 Å². The quantitative estimate of drug-likeness (QED) is 0.446. The molecule has 1 aliphatic rings. The molecule has 4 heterocycles. The summed E-state index contributed by atoms with van der Waals surface area (Å²) in [5.41, 5.74) is -1.21. The average molecular weight is 477 g/mol. The van der Waals surface area contributed by atoms with Gasteiger partial charge in [0.25, 0.3) is 6.43 Å². The van der Waals surface area contributed by atoms with Gasteiger partial charge in [-0.25, -0.2) is 22.5 Å². The van der Waals surface area contributed by atoms with Gasteiger partial charge in [0.2, 0.25) is 0 Å². The Balaban J connectivity index is 1.93. The van der Waals surface area contributed by atoms with E-state index < -0.39 is 35.4 Å². The van der Waals surface area contributed by atoms with Gasteiger partial charge in [0.15, 0.2) is 11.5 Å². The van der Waals surface area contributed by atoms with E-state index in [0.717, 1.165) is 10.7 Å². The van der Waals surface area contributed by atoms with E-state index in [9.17, 15) is 23.5 Å². The summed E-state index contributed by atoms with van der Waals surface area (Å²) in [5.74, 6) is -1.50. The first-order valence-electron chi connectivity index (χ1n) is 9.70. The largest absolute Gasteiger partial charge is 0.389 e. The molecular formula is C21H13ClF4N6O. The number of nitrogens with zero attached hydrogens (tertiary/aromatic N) is 6. The lowest BCUT2D eigenvalue weighted by Gasteiger charge is -2.39. The van der Waals surface area contributed by atoms with Crippen molar-refractivity contribution < 1.29 is 22.7 Å². The van der Waals surface area contributed by atoms with Crippen molar-refractivity contribution in [1.82, 2.24) is 19.6 Å². The summed E-state index contributed by atoms with van der Waals surface area (Å²) in [6.07, 6.45) is -2.91. The lowest BCUT2D eigenvalue weighted by molar-refractivity contribution is 0.140. The smallest absolute Gasteiger partial charge is 0.283 e. The zero-order chi connectivity index (χ0) is 23.6. The highest BCUT2D eigenvalue weighted by molar-refractivity contribution is 6.31. The summed E-state index contributed by atoms with van der Waals surface area (Å²) < 4.78 is 58.1. The van der Waals surface area contributed by atoms with E-state index in [0.29, 0.717) is 0 Å². The molecule has 168 valence electrons. The number of aliphatic hydroxyl groups is 1. The average Bonchev–Trinajstić information content (AvgIpc) is 3.12. The number of β-amino-alcohol motifs (C(OH)–C–C–N with tert-alkyl or cyclic N) is 1. The van der Waals surface area contributed by atoms with Crippen LogP contribution in [0.1, 0.15) is 23.4 Å². The number of benzene rings is 1. The second-order valence-corrected chi connectivity index (χ2v) is 8.01. The van der Waals surface area contributed by atoms with Crippen LogP contribution in [-0.2, 0) is 0 Å². The van der Waals surface area contributed by atoms with Gasteiger partial charge >= 0.3 is 0 Å². The first-order valence-corrected chi connectivity index (χ1v) is 10.1. The van der Waals surface area contributed by atoms with Crippen LogP contribution in [0, 0.1) is 29.9 Å². The number of halogens is 5. The third-order valence-corrected chi connectivity index (χ3v) is 5.85. The topological polar surface area (TPSA) is 90.3 Å². The number of anilines is 1. The van der Waals surface area contributed by atoms with Crippen molar-refractivity contribution in [3.63, 3.8) is 0 Å². The summed E-state index contributed by atoms with van der Waals surface area (Å²) in [4.78, 5) is 9.70. The minimum Gasteiger partial charge on any atom is -0.389 e. The van der Waals surface area contributed by atoms with Gasteiger partial charge in [-0.2, -0.15) is 14.9 Å². The van der Waals surface area contributed by atoms with Crippen molar-refractivity contribution in [2.45, 2.75) is 19.5 Å². The number of fused-ring (bicyclic) bond motifs is 2. The van der Waals surface area contributed by atoms with E-state index >= 15 is 4.39 Å². The highest BCUT2D eigenvalue weighted by Crippen LogP contribution is 2.42. The van der Waals surface area contributed by atoms with Gasteiger partial charge in [-0.3, -0.25) is 4.98 Å². The van der Waals surface area contributed by atoms with Gasteiger partial charge in [0, 0.05) is 29.6 Å². The van der Waals surface area contributed by atoms with E-state index in [-0.39, 0.29) is 57.3 Å². The minimum absolute atomic E-state index is 0.0774. The number of aryl methyl sites for hydroxylation is 1. The van der Waals surface area contributed by atoms with Crippen LogP contribution < -0.4 is 4.90 Å². The molecule has 0 atom stereocenters. The number of aliphatic hydroxyl groups excluding tert-OH is 1. The first kappa shape index (κ1) is 21.4. The summed E-state index contributed by atoms with van der Waals surface area (Å²) >= 11 is 5.86. The molecule has 1 fully saturated rings. The van der Waals surface area contributed by atoms with Gasteiger partial charge < -0.3 is 10.0 Å². The molecule has 1 aromatic carbocycles. The van der Waals surface area contributed by atoms with Crippen molar-refractivity contribution in [3.8, 4) is 17.2 Å². The fourth-order valence-electron chi connectivity index (χ4n) is 4.07. The highest BCUT2D eigenvalue weighted by Gasteiger charge is 2.34. The number of nitriles is 1. The number of rotatable bonds is 3. The maximum atomic E-state index is 15.2. The molecule has 3 aromatic heterocycles. The molecular weight excluding hydrogens is 464 g/mol. The van der Waals surface area contributed by atoms with Crippen LogP contribution in [-0.4, -0.2) is 43.9 Å². The van der Waals surface area contributed by atoms with Crippen molar-refractivity contribution in [2.24, 2.45) is 0 Å². The molecule has 1 aliphatic heterocycles. The number of hydrogen-bond donors (Lipinski definition) is 1. The summed E-state index contributed by atoms with van der Waals surface area (Å²) in [6.45, 7) is 1.74. The zero-order valence-corrected chi connectivity index (χ0v) is 17.6. The highest BCUT2D eigenvalue weighted by atomic mass is 35.5. The van der Waals surface area contributed by atoms with E-state index in [1.807, 2.05) is 0 Å². The van der Waals surface area contributed by atoms with Crippen molar-refractivity contribution in [1.29, 1.82) is 5.26 Å². The second-order valence-electron chi connectivity index (χ2n) is 7.60. The van der Waals surface area contributed by atoms with Crippen LogP contribution in [0.25, 0.3) is 27.7 Å². The Morgan fingerprint density at radius 1 is 1.24 bits per heavy atom. The molecule has 0 radical (unpaired) electrons. The van der Waals surface area contributed by atoms with E-state index in [2.05, 4.69) is 15.1 Å². The van der Waals surface area contributed by atoms with Gasteiger partial charge in [0.1, 0.15) is 34.5 Å². The Hall–Kier alpha value is -3.49. The van der Waals surface area contributed by atoms with E-state index in [4.69, 9.17) is 11.6 Å². The molecule has 0 unspecified atom stereocenters. The zero-order valence-electron chi connectivity index (χ0n) is 16.8. The molecule has 33 heavy (non-hydrogen) atoms. The number of hydrogen-bond acceptors (Lipinski definition) is 6. The fraction of sp³-hybridized carbons (Fsp3) is 0.238. The molecule has 0 aliphatic carbocycles.